The Labute approximate surface area is 118 Å². The second kappa shape index (κ2) is 5.40. The van der Waals surface area contributed by atoms with E-state index in [1.165, 1.54) is 13.3 Å². The third-order valence-corrected chi connectivity index (χ3v) is 3.07. The van der Waals surface area contributed by atoms with E-state index < -0.39 is 0 Å². The molecule has 19 heavy (non-hydrogen) atoms. The first-order valence-corrected chi connectivity index (χ1v) is 6.34. The minimum atomic E-state index is -0.110. The molecule has 0 unspecified atom stereocenters. The average molecular weight is 325 g/mol. The van der Waals surface area contributed by atoms with Gasteiger partial charge in [0.15, 0.2) is 17.4 Å². The largest absolute Gasteiger partial charge is 0.483 e. The molecule has 0 fully saturated rings. The molecule has 0 aliphatic heterocycles. The van der Waals surface area contributed by atoms with Gasteiger partial charge in [0.25, 0.3) is 0 Å². The van der Waals surface area contributed by atoms with Crippen molar-refractivity contribution in [3.63, 3.8) is 0 Å². The van der Waals surface area contributed by atoms with Gasteiger partial charge in [-0.2, -0.15) is 5.10 Å². The molecule has 2 aromatic rings. The van der Waals surface area contributed by atoms with Crippen LogP contribution in [0.25, 0.3) is 0 Å². The Hall–Kier alpha value is -1.89. The number of nitrogens with zero attached hydrogens (tertiary/aromatic N) is 3. The van der Waals surface area contributed by atoms with Crippen LogP contribution in [-0.4, -0.2) is 20.5 Å². The highest BCUT2D eigenvalue weighted by Crippen LogP contribution is 2.31. The number of Topliss-reactive ketones (excluding diaryl/α,β-unsaturated/α-hetero) is 1. The Morgan fingerprint density at radius 2 is 2.26 bits per heavy atom. The number of carbonyl (C=O) groups is 1. The van der Waals surface area contributed by atoms with Crippen molar-refractivity contribution in [3.05, 3.63) is 34.3 Å². The van der Waals surface area contributed by atoms with E-state index in [9.17, 15) is 4.79 Å². The lowest BCUT2D eigenvalue weighted by Gasteiger charge is -2.12. The van der Waals surface area contributed by atoms with Crippen LogP contribution in [0.2, 0.25) is 0 Å². The Morgan fingerprint density at radius 3 is 2.84 bits per heavy atom. The number of aryl methyl sites for hydroxylation is 1. The SMILES string of the molecule is CC(=O)c1cc(Br)cc(N)c1OCc1ncnn1C. The van der Waals surface area contributed by atoms with Crippen molar-refractivity contribution >= 4 is 27.4 Å². The van der Waals surface area contributed by atoms with Crippen LogP contribution >= 0.6 is 15.9 Å². The molecule has 0 atom stereocenters. The van der Waals surface area contributed by atoms with Crippen molar-refractivity contribution in [2.24, 2.45) is 7.05 Å². The van der Waals surface area contributed by atoms with E-state index in [0.29, 0.717) is 22.8 Å². The molecule has 2 rings (SSSR count). The summed E-state index contributed by atoms with van der Waals surface area (Å²) in [5, 5.41) is 3.94. The fourth-order valence-electron chi connectivity index (χ4n) is 1.62. The second-order valence-electron chi connectivity index (χ2n) is 4.02. The van der Waals surface area contributed by atoms with Crippen LogP contribution in [0.4, 0.5) is 5.69 Å². The van der Waals surface area contributed by atoms with Crippen LogP contribution in [0, 0.1) is 0 Å². The molecule has 0 spiro atoms. The summed E-state index contributed by atoms with van der Waals surface area (Å²) in [5.74, 6) is 0.913. The van der Waals surface area contributed by atoms with E-state index in [0.717, 1.165) is 4.47 Å². The van der Waals surface area contributed by atoms with Crippen LogP contribution < -0.4 is 10.5 Å². The Kier molecular flexibility index (Phi) is 3.84. The molecule has 6 nitrogen and oxygen atoms in total. The summed E-state index contributed by atoms with van der Waals surface area (Å²) in [6, 6.07) is 3.38. The first kappa shape index (κ1) is 13.5. The lowest BCUT2D eigenvalue weighted by molar-refractivity contribution is 0.101. The molecule has 100 valence electrons. The summed E-state index contributed by atoms with van der Waals surface area (Å²) in [6.45, 7) is 1.67. The van der Waals surface area contributed by atoms with Crippen molar-refractivity contribution in [1.82, 2.24) is 14.8 Å². The minimum Gasteiger partial charge on any atom is -0.483 e. The topological polar surface area (TPSA) is 83.0 Å². The van der Waals surface area contributed by atoms with Gasteiger partial charge in [0.05, 0.1) is 11.3 Å². The van der Waals surface area contributed by atoms with E-state index in [1.807, 2.05) is 0 Å². The number of carbonyl (C=O) groups excluding carboxylic acids is 1. The number of halogens is 1. The summed E-state index contributed by atoms with van der Waals surface area (Å²) in [7, 11) is 1.77. The van der Waals surface area contributed by atoms with Gasteiger partial charge in [-0.25, -0.2) is 4.98 Å². The van der Waals surface area contributed by atoms with Crippen LogP contribution in [0.1, 0.15) is 23.1 Å². The Balaban J connectivity index is 2.29. The summed E-state index contributed by atoms with van der Waals surface area (Å²) >= 11 is 3.30. The van der Waals surface area contributed by atoms with Crippen LogP contribution in [0.3, 0.4) is 0 Å². The molecule has 0 aliphatic rings. The average Bonchev–Trinajstić information content (AvgIpc) is 2.73. The molecule has 0 amide bonds. The number of hydrogen-bond acceptors (Lipinski definition) is 5. The number of anilines is 1. The van der Waals surface area contributed by atoms with Crippen molar-refractivity contribution in [1.29, 1.82) is 0 Å². The smallest absolute Gasteiger partial charge is 0.164 e. The second-order valence-corrected chi connectivity index (χ2v) is 4.93. The molecule has 0 radical (unpaired) electrons. The van der Waals surface area contributed by atoms with E-state index >= 15 is 0 Å². The maximum absolute atomic E-state index is 11.6. The number of benzene rings is 1. The van der Waals surface area contributed by atoms with Gasteiger partial charge in [-0.1, -0.05) is 15.9 Å². The zero-order valence-corrected chi connectivity index (χ0v) is 12.1. The monoisotopic (exact) mass is 324 g/mol. The number of aromatic nitrogens is 3. The van der Waals surface area contributed by atoms with Gasteiger partial charge in [-0.3, -0.25) is 9.48 Å². The van der Waals surface area contributed by atoms with E-state index in [4.69, 9.17) is 10.5 Å². The predicted molar refractivity (Wildman–Crippen MR) is 73.9 cm³/mol. The standard InChI is InChI=1S/C12H13BrN4O2/c1-7(18)9-3-8(13)4-10(14)12(9)19-5-11-15-6-16-17(11)2/h3-4,6H,5,14H2,1-2H3. The maximum Gasteiger partial charge on any atom is 0.164 e. The number of ether oxygens (including phenoxy) is 1. The molecule has 2 N–H and O–H groups in total. The highest BCUT2D eigenvalue weighted by molar-refractivity contribution is 9.10. The van der Waals surface area contributed by atoms with Gasteiger partial charge in [-0.05, 0) is 19.1 Å². The summed E-state index contributed by atoms with van der Waals surface area (Å²) in [4.78, 5) is 15.7. The van der Waals surface area contributed by atoms with Gasteiger partial charge in [-0.15, -0.1) is 0 Å². The van der Waals surface area contributed by atoms with E-state index in [2.05, 4.69) is 26.0 Å². The van der Waals surface area contributed by atoms with Gasteiger partial charge < -0.3 is 10.5 Å². The van der Waals surface area contributed by atoms with Crippen molar-refractivity contribution in [2.75, 3.05) is 5.73 Å². The molecule has 1 aromatic heterocycles. The first-order valence-electron chi connectivity index (χ1n) is 5.54. The van der Waals surface area contributed by atoms with Crippen LogP contribution in [0.5, 0.6) is 5.75 Å². The van der Waals surface area contributed by atoms with E-state index in [-0.39, 0.29) is 12.4 Å². The van der Waals surface area contributed by atoms with Crippen molar-refractivity contribution in [3.8, 4) is 5.75 Å². The van der Waals surface area contributed by atoms with Crippen LogP contribution in [0.15, 0.2) is 22.9 Å². The van der Waals surface area contributed by atoms with Gasteiger partial charge in [0.1, 0.15) is 12.9 Å². The van der Waals surface area contributed by atoms with Crippen molar-refractivity contribution in [2.45, 2.75) is 13.5 Å². The highest BCUT2D eigenvalue weighted by Gasteiger charge is 2.14. The molecule has 0 saturated heterocycles. The highest BCUT2D eigenvalue weighted by atomic mass is 79.9. The summed E-state index contributed by atoms with van der Waals surface area (Å²) in [6.07, 6.45) is 1.44. The van der Waals surface area contributed by atoms with E-state index in [1.54, 1.807) is 23.9 Å². The normalized spacial score (nSPS) is 10.5. The lowest BCUT2D eigenvalue weighted by atomic mass is 10.1. The number of nitrogen functional groups attached to an aromatic ring is 1. The van der Waals surface area contributed by atoms with Gasteiger partial charge in [0, 0.05) is 11.5 Å². The van der Waals surface area contributed by atoms with Gasteiger partial charge in [0.2, 0.25) is 0 Å². The summed E-state index contributed by atoms with van der Waals surface area (Å²) < 4.78 is 7.96. The fraction of sp³-hybridized carbons (Fsp3) is 0.250. The predicted octanol–water partition coefficient (Wildman–Crippen LogP) is 1.94. The fourth-order valence-corrected chi connectivity index (χ4v) is 2.10. The molecule has 1 heterocycles. The minimum absolute atomic E-state index is 0.110. The van der Waals surface area contributed by atoms with Crippen LogP contribution in [-0.2, 0) is 13.7 Å². The molecular weight excluding hydrogens is 312 g/mol. The summed E-state index contributed by atoms with van der Waals surface area (Å²) in [5.41, 5.74) is 6.73. The van der Waals surface area contributed by atoms with Crippen molar-refractivity contribution < 1.29 is 9.53 Å². The quantitative estimate of drug-likeness (QED) is 0.686. The first-order chi connectivity index (χ1) is 8.99. The van der Waals surface area contributed by atoms with Gasteiger partial charge >= 0.3 is 0 Å². The zero-order valence-electron chi connectivity index (χ0n) is 10.6. The lowest BCUT2D eigenvalue weighted by Crippen LogP contribution is -2.08. The molecule has 0 aliphatic carbocycles. The number of ketones is 1. The Bertz CT molecular complexity index is 624. The third-order valence-electron chi connectivity index (χ3n) is 2.61. The maximum atomic E-state index is 11.6. The zero-order chi connectivity index (χ0) is 14.0. The number of nitrogens with two attached hydrogens (primary N) is 1. The molecule has 0 saturated carbocycles. The number of hydrogen-bond donors (Lipinski definition) is 1. The molecule has 7 heteroatoms. The molecular formula is C12H13BrN4O2. The number of rotatable bonds is 4. The third kappa shape index (κ3) is 2.93. The molecule has 1 aromatic carbocycles. The molecule has 0 bridgehead atoms. The Morgan fingerprint density at radius 1 is 1.53 bits per heavy atom.